The van der Waals surface area contributed by atoms with Gasteiger partial charge in [-0.15, -0.1) is 0 Å². The van der Waals surface area contributed by atoms with Gasteiger partial charge in [0, 0.05) is 25.5 Å². The zero-order valence-electron chi connectivity index (χ0n) is 17.7. The summed E-state index contributed by atoms with van der Waals surface area (Å²) in [6, 6.07) is 16.8. The minimum Gasteiger partial charge on any atom is -0.384 e. The number of rotatable bonds is 10. The summed E-state index contributed by atoms with van der Waals surface area (Å²) in [4.78, 5) is 9.74. The van der Waals surface area contributed by atoms with Crippen molar-refractivity contribution < 1.29 is 13.2 Å². The van der Waals surface area contributed by atoms with Crippen molar-refractivity contribution in [2.75, 3.05) is 19.5 Å². The van der Waals surface area contributed by atoms with E-state index in [1.807, 2.05) is 30.5 Å². The second kappa shape index (κ2) is 9.58. The molecule has 0 unspecified atom stereocenters. The molecule has 0 aliphatic carbocycles. The molecule has 0 radical (unpaired) electrons. The molecule has 162 valence electrons. The van der Waals surface area contributed by atoms with Crippen molar-refractivity contribution in [3.63, 3.8) is 0 Å². The Morgan fingerprint density at radius 3 is 2.52 bits per heavy atom. The van der Waals surface area contributed by atoms with E-state index in [4.69, 9.17) is 9.72 Å². The number of hydrogen-bond acceptors (Lipinski definition) is 5. The molecule has 2 aromatic carbocycles. The fourth-order valence-corrected chi connectivity index (χ4v) is 5.31. The van der Waals surface area contributed by atoms with E-state index < -0.39 is 9.84 Å². The first-order valence-corrected chi connectivity index (χ1v) is 12.2. The maximum Gasteiger partial charge on any atom is 0.178 e. The Morgan fingerprint density at radius 2 is 1.71 bits per heavy atom. The SMILES string of the molecule is COCCc1nc2cnc3ccccc3c2n1CCCCCS(=O)(=O)c1ccccc1. The smallest absolute Gasteiger partial charge is 0.178 e. The quantitative estimate of drug-likeness (QED) is 0.343. The highest BCUT2D eigenvalue weighted by molar-refractivity contribution is 7.91. The first-order valence-electron chi connectivity index (χ1n) is 10.6. The molecule has 6 nitrogen and oxygen atoms in total. The molecule has 0 aliphatic heterocycles. The Labute approximate surface area is 182 Å². The second-order valence-electron chi connectivity index (χ2n) is 7.62. The van der Waals surface area contributed by atoms with E-state index in [0.29, 0.717) is 17.9 Å². The van der Waals surface area contributed by atoms with Gasteiger partial charge in [-0.05, 0) is 31.0 Å². The summed E-state index contributed by atoms with van der Waals surface area (Å²) < 4.78 is 32.5. The molecule has 0 aliphatic rings. The zero-order chi connectivity index (χ0) is 21.7. The monoisotopic (exact) mass is 437 g/mol. The molecule has 0 saturated carbocycles. The molecular weight excluding hydrogens is 410 g/mol. The molecule has 0 fully saturated rings. The Hall–Kier alpha value is -2.77. The van der Waals surface area contributed by atoms with Crippen LogP contribution in [0.25, 0.3) is 21.9 Å². The molecule has 4 aromatic rings. The van der Waals surface area contributed by atoms with E-state index in [9.17, 15) is 8.42 Å². The predicted molar refractivity (Wildman–Crippen MR) is 123 cm³/mol. The fourth-order valence-electron chi connectivity index (χ4n) is 3.92. The second-order valence-corrected chi connectivity index (χ2v) is 9.73. The molecule has 4 rings (SSSR count). The maximum atomic E-state index is 12.5. The lowest BCUT2D eigenvalue weighted by molar-refractivity contribution is 0.199. The minimum absolute atomic E-state index is 0.172. The van der Waals surface area contributed by atoms with Crippen molar-refractivity contribution >= 4 is 31.8 Å². The van der Waals surface area contributed by atoms with Gasteiger partial charge >= 0.3 is 0 Å². The van der Waals surface area contributed by atoms with Crippen LogP contribution in [0.1, 0.15) is 25.1 Å². The first-order chi connectivity index (χ1) is 15.1. The summed E-state index contributed by atoms with van der Waals surface area (Å²) in [6.07, 6.45) is 4.91. The fraction of sp³-hybridized carbons (Fsp3) is 0.333. The molecule has 0 saturated heterocycles. The number of fused-ring (bicyclic) bond motifs is 3. The summed E-state index contributed by atoms with van der Waals surface area (Å²) in [5.74, 6) is 1.15. The molecular formula is C24H27N3O3S. The van der Waals surface area contributed by atoms with E-state index in [-0.39, 0.29) is 5.75 Å². The van der Waals surface area contributed by atoms with Gasteiger partial charge in [0.05, 0.1) is 34.5 Å². The summed E-state index contributed by atoms with van der Waals surface area (Å²) >= 11 is 0. The number of benzene rings is 2. The van der Waals surface area contributed by atoms with Gasteiger partial charge < -0.3 is 9.30 Å². The highest BCUT2D eigenvalue weighted by atomic mass is 32.2. The number of nitrogens with zero attached hydrogens (tertiary/aromatic N) is 3. The summed E-state index contributed by atoms with van der Waals surface area (Å²) in [5.41, 5.74) is 2.92. The molecule has 0 N–H and O–H groups in total. The number of pyridine rings is 1. The van der Waals surface area contributed by atoms with Gasteiger partial charge in [0.15, 0.2) is 9.84 Å². The number of hydrogen-bond donors (Lipinski definition) is 0. The predicted octanol–water partition coefficient (Wildman–Crippen LogP) is 4.42. The maximum absolute atomic E-state index is 12.5. The van der Waals surface area contributed by atoms with Gasteiger partial charge in [-0.1, -0.05) is 42.8 Å². The lowest BCUT2D eigenvalue weighted by Gasteiger charge is -2.11. The van der Waals surface area contributed by atoms with E-state index in [1.54, 1.807) is 31.4 Å². The number of unbranched alkanes of at least 4 members (excludes halogenated alkanes) is 2. The van der Waals surface area contributed by atoms with Crippen LogP contribution in [-0.2, 0) is 27.5 Å². The van der Waals surface area contributed by atoms with E-state index in [2.05, 4.69) is 15.6 Å². The molecule has 31 heavy (non-hydrogen) atoms. The van der Waals surface area contributed by atoms with Gasteiger partial charge in [0.25, 0.3) is 0 Å². The van der Waals surface area contributed by atoms with Crippen molar-refractivity contribution in [2.45, 2.75) is 37.1 Å². The van der Waals surface area contributed by atoms with Crippen molar-refractivity contribution in [1.82, 2.24) is 14.5 Å². The third-order valence-electron chi connectivity index (χ3n) is 5.49. The van der Waals surface area contributed by atoms with E-state index in [1.165, 1.54) is 0 Å². The summed E-state index contributed by atoms with van der Waals surface area (Å²) in [7, 11) is -1.53. The summed E-state index contributed by atoms with van der Waals surface area (Å²) in [6.45, 7) is 1.39. The number of aryl methyl sites for hydroxylation is 1. The van der Waals surface area contributed by atoms with Crippen LogP contribution >= 0.6 is 0 Å². The van der Waals surface area contributed by atoms with Gasteiger partial charge in [-0.3, -0.25) is 4.98 Å². The van der Waals surface area contributed by atoms with Crippen LogP contribution in [0.2, 0.25) is 0 Å². The van der Waals surface area contributed by atoms with Gasteiger partial charge in [0.1, 0.15) is 11.3 Å². The highest BCUT2D eigenvalue weighted by Crippen LogP contribution is 2.25. The summed E-state index contributed by atoms with van der Waals surface area (Å²) in [5, 5.41) is 1.09. The van der Waals surface area contributed by atoms with E-state index >= 15 is 0 Å². The molecule has 7 heteroatoms. The van der Waals surface area contributed by atoms with Crippen LogP contribution in [0.15, 0.2) is 65.7 Å². The number of ether oxygens (including phenoxy) is 1. The molecule has 0 atom stereocenters. The Morgan fingerprint density at radius 1 is 0.935 bits per heavy atom. The van der Waals surface area contributed by atoms with E-state index in [0.717, 1.165) is 53.6 Å². The standard InChI is InChI=1S/C24H27N3O3S/c1-30-16-14-23-26-22-18-25-21-13-7-6-12-20(21)24(22)27(23)15-8-3-9-17-31(28,29)19-10-4-2-5-11-19/h2,4-7,10-13,18H,3,8-9,14-17H2,1H3. The van der Waals surface area contributed by atoms with Crippen LogP contribution in [0.3, 0.4) is 0 Å². The average molecular weight is 438 g/mol. The Kier molecular flexibility index (Phi) is 6.63. The topological polar surface area (TPSA) is 74.1 Å². The largest absolute Gasteiger partial charge is 0.384 e. The number of aromatic nitrogens is 3. The lowest BCUT2D eigenvalue weighted by atomic mass is 10.2. The van der Waals surface area contributed by atoms with Crippen molar-refractivity contribution in [2.24, 2.45) is 0 Å². The molecule has 0 spiro atoms. The Bertz CT molecular complexity index is 1270. The van der Waals surface area contributed by atoms with Crippen LogP contribution in [0.5, 0.6) is 0 Å². The number of para-hydroxylation sites is 1. The van der Waals surface area contributed by atoms with Crippen molar-refractivity contribution in [1.29, 1.82) is 0 Å². The number of imidazole rings is 1. The van der Waals surface area contributed by atoms with Crippen molar-refractivity contribution in [3.05, 3.63) is 66.6 Å². The third kappa shape index (κ3) is 4.78. The molecule has 2 heterocycles. The van der Waals surface area contributed by atoms with Gasteiger partial charge in [-0.2, -0.15) is 0 Å². The zero-order valence-corrected chi connectivity index (χ0v) is 18.5. The minimum atomic E-state index is -3.22. The highest BCUT2D eigenvalue weighted by Gasteiger charge is 2.15. The van der Waals surface area contributed by atoms with Crippen LogP contribution in [-0.4, -0.2) is 42.4 Å². The lowest BCUT2D eigenvalue weighted by Crippen LogP contribution is -2.09. The Balaban J connectivity index is 1.49. The first kappa shape index (κ1) is 21.5. The van der Waals surface area contributed by atoms with Crippen LogP contribution in [0, 0.1) is 0 Å². The number of sulfone groups is 1. The van der Waals surface area contributed by atoms with Gasteiger partial charge in [-0.25, -0.2) is 13.4 Å². The molecule has 2 aromatic heterocycles. The number of methoxy groups -OCH3 is 1. The average Bonchev–Trinajstić information content (AvgIpc) is 3.16. The van der Waals surface area contributed by atoms with Crippen LogP contribution < -0.4 is 0 Å². The molecule has 0 amide bonds. The van der Waals surface area contributed by atoms with Crippen molar-refractivity contribution in [3.8, 4) is 0 Å². The van der Waals surface area contributed by atoms with Crippen LogP contribution in [0.4, 0.5) is 0 Å². The normalized spacial score (nSPS) is 12.0. The van der Waals surface area contributed by atoms with Gasteiger partial charge in [0.2, 0.25) is 0 Å². The molecule has 0 bridgehead atoms. The third-order valence-corrected chi connectivity index (χ3v) is 7.30.